The van der Waals surface area contributed by atoms with Gasteiger partial charge in [-0.1, -0.05) is 13.8 Å². The molecule has 1 fully saturated rings. The highest BCUT2D eigenvalue weighted by atomic mass is 19.1. The summed E-state index contributed by atoms with van der Waals surface area (Å²) in [6.45, 7) is 6.68. The van der Waals surface area contributed by atoms with Crippen LogP contribution >= 0.6 is 0 Å². The van der Waals surface area contributed by atoms with Gasteiger partial charge in [-0.05, 0) is 43.5 Å². The van der Waals surface area contributed by atoms with E-state index in [-0.39, 0.29) is 12.0 Å². The van der Waals surface area contributed by atoms with E-state index >= 15 is 0 Å². The molecule has 3 nitrogen and oxygen atoms in total. The minimum atomic E-state index is -0.794. The highest BCUT2D eigenvalue weighted by Crippen LogP contribution is 2.41. The summed E-state index contributed by atoms with van der Waals surface area (Å²) in [6, 6.07) is 3.25. The molecule has 0 bridgehead atoms. The van der Waals surface area contributed by atoms with Gasteiger partial charge in [0.05, 0.1) is 5.41 Å². The number of hydrogen-bond donors (Lipinski definition) is 1. The molecule has 1 N–H and O–H groups in total. The van der Waals surface area contributed by atoms with Crippen LogP contribution in [0.3, 0.4) is 0 Å². The predicted molar refractivity (Wildman–Crippen MR) is 75.9 cm³/mol. The molecule has 1 aliphatic heterocycles. The number of rotatable bonds is 4. The Kier molecular flexibility index (Phi) is 4.33. The molecule has 0 spiro atoms. The normalized spacial score (nSPS) is 24.5. The van der Waals surface area contributed by atoms with Gasteiger partial charge in [-0.3, -0.25) is 9.69 Å². The van der Waals surface area contributed by atoms with Gasteiger partial charge in [0.15, 0.2) is 0 Å². The Morgan fingerprint density at radius 1 is 1.24 bits per heavy atom. The molecule has 116 valence electrons. The number of carboxylic acid groups (broad SMARTS) is 1. The van der Waals surface area contributed by atoms with Crippen molar-refractivity contribution in [3.63, 3.8) is 0 Å². The van der Waals surface area contributed by atoms with Crippen LogP contribution < -0.4 is 0 Å². The maximum absolute atomic E-state index is 13.3. The summed E-state index contributed by atoms with van der Waals surface area (Å²) in [5.74, 6) is -2.00. The number of hydrogen-bond acceptors (Lipinski definition) is 2. The van der Waals surface area contributed by atoms with E-state index in [1.165, 1.54) is 12.1 Å². The molecular formula is C16H21F2NO2. The number of nitrogens with zero attached hydrogens (tertiary/aromatic N) is 1. The van der Waals surface area contributed by atoms with Crippen LogP contribution in [0.1, 0.15) is 38.8 Å². The standard InChI is InChI=1S/C16H21F2NO2/c1-10(2)16(15(20)21)4-5-19(9-16)11(3)12-6-13(17)8-14(18)7-12/h6-8,10-11H,4-5,9H2,1-3H3,(H,20,21). The molecule has 5 heteroatoms. The van der Waals surface area contributed by atoms with Gasteiger partial charge in [0, 0.05) is 18.7 Å². The molecule has 0 amide bonds. The number of likely N-dealkylation sites (tertiary alicyclic amines) is 1. The molecule has 1 aliphatic rings. The number of benzene rings is 1. The van der Waals surface area contributed by atoms with E-state index in [0.717, 1.165) is 6.07 Å². The zero-order valence-corrected chi connectivity index (χ0v) is 12.6. The monoisotopic (exact) mass is 297 g/mol. The third-order valence-electron chi connectivity index (χ3n) is 4.78. The Morgan fingerprint density at radius 3 is 2.24 bits per heavy atom. The molecule has 0 saturated carbocycles. The molecule has 0 aliphatic carbocycles. The fourth-order valence-electron chi connectivity index (χ4n) is 3.11. The number of aliphatic carboxylic acids is 1. The van der Waals surface area contributed by atoms with Crippen molar-refractivity contribution in [2.45, 2.75) is 33.2 Å². The summed E-state index contributed by atoms with van der Waals surface area (Å²) in [4.78, 5) is 13.6. The predicted octanol–water partition coefficient (Wildman–Crippen LogP) is 3.46. The lowest BCUT2D eigenvalue weighted by atomic mass is 9.76. The smallest absolute Gasteiger partial charge is 0.311 e. The van der Waals surface area contributed by atoms with Crippen molar-refractivity contribution >= 4 is 5.97 Å². The highest BCUT2D eigenvalue weighted by molar-refractivity contribution is 5.75. The van der Waals surface area contributed by atoms with Gasteiger partial charge in [0.1, 0.15) is 11.6 Å². The van der Waals surface area contributed by atoms with E-state index in [2.05, 4.69) is 0 Å². The molecule has 1 heterocycles. The maximum Gasteiger partial charge on any atom is 0.311 e. The van der Waals surface area contributed by atoms with Crippen LogP contribution in [-0.2, 0) is 4.79 Å². The Hall–Kier alpha value is -1.49. The van der Waals surface area contributed by atoms with Crippen molar-refractivity contribution in [2.75, 3.05) is 13.1 Å². The molecule has 1 aromatic rings. The van der Waals surface area contributed by atoms with Crippen molar-refractivity contribution in [3.05, 3.63) is 35.4 Å². The first kappa shape index (κ1) is 15.9. The number of carboxylic acids is 1. The quantitative estimate of drug-likeness (QED) is 0.925. The Bertz CT molecular complexity index is 527. The summed E-state index contributed by atoms with van der Waals surface area (Å²) in [7, 11) is 0. The van der Waals surface area contributed by atoms with E-state index in [1.54, 1.807) is 0 Å². The largest absolute Gasteiger partial charge is 0.481 e. The van der Waals surface area contributed by atoms with Gasteiger partial charge in [-0.25, -0.2) is 8.78 Å². The Balaban J connectivity index is 2.22. The van der Waals surface area contributed by atoms with Crippen LogP contribution in [0.15, 0.2) is 18.2 Å². The SMILES string of the molecule is CC(c1cc(F)cc(F)c1)N1CCC(C(=O)O)(C(C)C)C1. The lowest BCUT2D eigenvalue weighted by molar-refractivity contribution is -0.151. The van der Waals surface area contributed by atoms with E-state index in [1.807, 2.05) is 25.7 Å². The maximum atomic E-state index is 13.3. The zero-order chi connectivity index (χ0) is 15.8. The highest BCUT2D eigenvalue weighted by Gasteiger charge is 2.48. The van der Waals surface area contributed by atoms with E-state index in [4.69, 9.17) is 0 Å². The van der Waals surface area contributed by atoms with Gasteiger partial charge < -0.3 is 5.11 Å². The summed E-state index contributed by atoms with van der Waals surface area (Å²) in [6.07, 6.45) is 0.558. The van der Waals surface area contributed by atoms with Crippen molar-refractivity contribution in [1.82, 2.24) is 4.90 Å². The average molecular weight is 297 g/mol. The number of carbonyl (C=O) groups is 1. The Labute approximate surface area is 123 Å². The van der Waals surface area contributed by atoms with Crippen LogP contribution in [0.25, 0.3) is 0 Å². The molecular weight excluding hydrogens is 276 g/mol. The molecule has 21 heavy (non-hydrogen) atoms. The van der Waals surface area contributed by atoms with E-state index in [9.17, 15) is 18.7 Å². The number of halogens is 2. The first-order valence-corrected chi connectivity index (χ1v) is 7.19. The summed E-state index contributed by atoms with van der Waals surface area (Å²) < 4.78 is 26.7. The first-order valence-electron chi connectivity index (χ1n) is 7.19. The zero-order valence-electron chi connectivity index (χ0n) is 12.6. The van der Waals surface area contributed by atoms with Gasteiger partial charge in [0.25, 0.3) is 0 Å². The topological polar surface area (TPSA) is 40.5 Å². The van der Waals surface area contributed by atoms with E-state index in [0.29, 0.717) is 25.1 Å². The molecule has 0 radical (unpaired) electrons. The van der Waals surface area contributed by atoms with Gasteiger partial charge in [0.2, 0.25) is 0 Å². The summed E-state index contributed by atoms with van der Waals surface area (Å²) >= 11 is 0. The second-order valence-electron chi connectivity index (χ2n) is 6.22. The first-order chi connectivity index (χ1) is 9.76. The molecule has 2 atom stereocenters. The van der Waals surface area contributed by atoms with Crippen LogP contribution in [0.2, 0.25) is 0 Å². The minimum absolute atomic E-state index is 0.0106. The third kappa shape index (κ3) is 2.93. The van der Waals surface area contributed by atoms with Crippen molar-refractivity contribution in [3.8, 4) is 0 Å². The van der Waals surface area contributed by atoms with Crippen molar-refractivity contribution in [1.29, 1.82) is 0 Å². The van der Waals surface area contributed by atoms with Gasteiger partial charge in [-0.2, -0.15) is 0 Å². The molecule has 1 aromatic carbocycles. The molecule has 1 saturated heterocycles. The second-order valence-corrected chi connectivity index (χ2v) is 6.22. The van der Waals surface area contributed by atoms with Crippen LogP contribution in [0.5, 0.6) is 0 Å². The molecule has 2 unspecified atom stereocenters. The fraction of sp³-hybridized carbons (Fsp3) is 0.562. The molecule has 0 aromatic heterocycles. The van der Waals surface area contributed by atoms with Crippen molar-refractivity contribution in [2.24, 2.45) is 11.3 Å². The van der Waals surface area contributed by atoms with Gasteiger partial charge in [-0.15, -0.1) is 0 Å². The van der Waals surface area contributed by atoms with Gasteiger partial charge >= 0.3 is 5.97 Å². The summed E-state index contributed by atoms with van der Waals surface area (Å²) in [5.41, 5.74) is -0.238. The lowest BCUT2D eigenvalue weighted by Crippen LogP contribution is -2.39. The lowest BCUT2D eigenvalue weighted by Gasteiger charge is -2.31. The average Bonchev–Trinajstić information content (AvgIpc) is 2.83. The van der Waals surface area contributed by atoms with Crippen LogP contribution in [0, 0.1) is 23.0 Å². The fourth-order valence-corrected chi connectivity index (χ4v) is 3.11. The Morgan fingerprint density at radius 2 is 1.81 bits per heavy atom. The van der Waals surface area contributed by atoms with E-state index < -0.39 is 23.0 Å². The third-order valence-corrected chi connectivity index (χ3v) is 4.78. The summed E-state index contributed by atoms with van der Waals surface area (Å²) in [5, 5.41) is 9.55. The second kappa shape index (κ2) is 5.72. The van der Waals surface area contributed by atoms with Crippen molar-refractivity contribution < 1.29 is 18.7 Å². The molecule has 2 rings (SSSR count). The van der Waals surface area contributed by atoms with Crippen LogP contribution in [0.4, 0.5) is 8.78 Å². The minimum Gasteiger partial charge on any atom is -0.481 e. The van der Waals surface area contributed by atoms with Crippen LogP contribution in [-0.4, -0.2) is 29.1 Å².